The number of carbonyl (C=O) groups excluding carboxylic acids is 2. The first kappa shape index (κ1) is 15.9. The second-order valence-electron chi connectivity index (χ2n) is 2.43. The van der Waals surface area contributed by atoms with E-state index >= 15 is 0 Å². The number of Topliss-reactive ketones (excluding diaryl/α,β-unsaturated/α-hetero) is 1. The topological polar surface area (TPSA) is 46.2 Å². The van der Waals surface area contributed by atoms with Crippen molar-refractivity contribution in [1.82, 2.24) is 5.32 Å². The van der Waals surface area contributed by atoms with Crippen LogP contribution in [-0.2, 0) is 9.59 Å². The fourth-order valence-corrected chi connectivity index (χ4v) is 1.41. The van der Waals surface area contributed by atoms with Crippen LogP contribution in [0.15, 0.2) is 0 Å². The van der Waals surface area contributed by atoms with Crippen LogP contribution in [0.3, 0.4) is 0 Å². The number of hydrogen-bond acceptors (Lipinski definition) is 3. The van der Waals surface area contributed by atoms with Crippen molar-refractivity contribution < 1.29 is 9.59 Å². The van der Waals surface area contributed by atoms with Gasteiger partial charge in [0.1, 0.15) is 5.78 Å². The minimum atomic E-state index is -0.0163. The van der Waals surface area contributed by atoms with E-state index in [4.69, 9.17) is 0 Å². The molecule has 0 saturated heterocycles. The molecule has 0 aliphatic rings. The number of nitrogens with one attached hydrogen (secondary N) is 1. The molecule has 0 radical (unpaired) electrons. The van der Waals surface area contributed by atoms with Crippen LogP contribution in [0.2, 0.25) is 0 Å². The Morgan fingerprint density at radius 3 is 2.29 bits per heavy atom. The smallest absolute Gasteiger partial charge is 0.216 e. The molecule has 0 aromatic heterocycles. The normalized spacial score (nSPS) is 8.57. The number of amides is 1. The van der Waals surface area contributed by atoms with E-state index in [0.717, 1.165) is 5.75 Å². The van der Waals surface area contributed by atoms with E-state index < -0.39 is 0 Å². The molecule has 1 amide bonds. The molecule has 0 aliphatic heterocycles. The number of rotatable bonds is 6. The van der Waals surface area contributed by atoms with Crippen molar-refractivity contribution in [2.45, 2.75) is 34.1 Å². The lowest BCUT2D eigenvalue weighted by Gasteiger charge is -2.00. The van der Waals surface area contributed by atoms with E-state index in [0.29, 0.717) is 18.7 Å². The summed E-state index contributed by atoms with van der Waals surface area (Å²) in [5, 5.41) is 2.67. The summed E-state index contributed by atoms with van der Waals surface area (Å²) in [6.45, 7) is 8.00. The van der Waals surface area contributed by atoms with Crippen molar-refractivity contribution in [2.24, 2.45) is 0 Å². The van der Waals surface area contributed by atoms with Gasteiger partial charge in [-0.3, -0.25) is 9.59 Å². The molecule has 0 aliphatic carbocycles. The lowest BCUT2D eigenvalue weighted by Crippen LogP contribution is -2.22. The molecule has 0 bridgehead atoms. The van der Waals surface area contributed by atoms with E-state index in [1.54, 1.807) is 11.8 Å². The molecule has 84 valence electrons. The highest BCUT2D eigenvalue weighted by atomic mass is 32.2. The molecule has 0 aromatic carbocycles. The van der Waals surface area contributed by atoms with Gasteiger partial charge in [0, 0.05) is 25.6 Å². The Morgan fingerprint density at radius 2 is 1.86 bits per heavy atom. The molecule has 0 saturated carbocycles. The van der Waals surface area contributed by atoms with Crippen LogP contribution >= 0.6 is 11.8 Å². The van der Waals surface area contributed by atoms with E-state index in [1.165, 1.54) is 6.92 Å². The third kappa shape index (κ3) is 14.0. The first-order valence-electron chi connectivity index (χ1n) is 5.00. The van der Waals surface area contributed by atoms with Crippen LogP contribution in [0.5, 0.6) is 0 Å². The average Bonchev–Trinajstić information content (AvgIpc) is 2.19. The maximum absolute atomic E-state index is 10.8. The molecular formula is C10H21NO2S. The SMILES string of the molecule is CC.CCC(=O)CSCCNC(C)=O. The van der Waals surface area contributed by atoms with Gasteiger partial charge in [-0.15, -0.1) is 0 Å². The first-order chi connectivity index (χ1) is 6.66. The van der Waals surface area contributed by atoms with Crippen molar-refractivity contribution in [3.05, 3.63) is 0 Å². The Bertz CT molecular complexity index is 160. The van der Waals surface area contributed by atoms with Crippen LogP contribution in [-0.4, -0.2) is 29.7 Å². The number of carbonyl (C=O) groups is 2. The summed E-state index contributed by atoms with van der Waals surface area (Å²) < 4.78 is 0. The third-order valence-electron chi connectivity index (χ3n) is 1.28. The molecule has 0 spiro atoms. The summed E-state index contributed by atoms with van der Waals surface area (Å²) >= 11 is 1.56. The van der Waals surface area contributed by atoms with Crippen molar-refractivity contribution in [2.75, 3.05) is 18.1 Å². The summed E-state index contributed by atoms with van der Waals surface area (Å²) in [4.78, 5) is 21.2. The van der Waals surface area contributed by atoms with Gasteiger partial charge in [-0.05, 0) is 0 Å². The van der Waals surface area contributed by atoms with E-state index in [1.807, 2.05) is 20.8 Å². The maximum atomic E-state index is 10.8. The number of ketones is 1. The molecule has 1 N–H and O–H groups in total. The summed E-state index contributed by atoms with van der Waals surface area (Å²) in [5.74, 6) is 1.63. The highest BCUT2D eigenvalue weighted by molar-refractivity contribution is 7.99. The Labute approximate surface area is 91.0 Å². The molecule has 0 aromatic rings. The Kier molecular flexibility index (Phi) is 14.2. The number of hydrogen-bond donors (Lipinski definition) is 1. The average molecular weight is 219 g/mol. The lowest BCUT2D eigenvalue weighted by molar-refractivity contribution is -0.119. The summed E-state index contributed by atoms with van der Waals surface area (Å²) in [7, 11) is 0. The molecule has 4 heteroatoms. The van der Waals surface area contributed by atoms with Gasteiger partial charge in [0.2, 0.25) is 5.91 Å². The van der Waals surface area contributed by atoms with Gasteiger partial charge in [-0.25, -0.2) is 0 Å². The predicted octanol–water partition coefficient (Wildman–Crippen LogP) is 1.86. The first-order valence-corrected chi connectivity index (χ1v) is 6.16. The van der Waals surface area contributed by atoms with E-state index in [9.17, 15) is 9.59 Å². The van der Waals surface area contributed by atoms with Gasteiger partial charge in [-0.2, -0.15) is 11.8 Å². The molecule has 14 heavy (non-hydrogen) atoms. The predicted molar refractivity (Wildman–Crippen MR) is 62.7 cm³/mol. The monoisotopic (exact) mass is 219 g/mol. The molecule has 0 unspecified atom stereocenters. The van der Waals surface area contributed by atoms with Gasteiger partial charge in [0.15, 0.2) is 0 Å². The lowest BCUT2D eigenvalue weighted by atomic mass is 10.4. The molecular weight excluding hydrogens is 198 g/mol. The fraction of sp³-hybridized carbons (Fsp3) is 0.800. The maximum Gasteiger partial charge on any atom is 0.216 e. The Hall–Kier alpha value is -0.510. The van der Waals surface area contributed by atoms with Crippen LogP contribution < -0.4 is 5.32 Å². The van der Waals surface area contributed by atoms with Crippen LogP contribution in [0.1, 0.15) is 34.1 Å². The van der Waals surface area contributed by atoms with Gasteiger partial charge in [-0.1, -0.05) is 20.8 Å². The molecule has 0 rings (SSSR count). The minimum absolute atomic E-state index is 0.0163. The Morgan fingerprint density at radius 1 is 1.29 bits per heavy atom. The highest BCUT2D eigenvalue weighted by Gasteiger charge is 1.97. The van der Waals surface area contributed by atoms with Crippen molar-refractivity contribution >= 4 is 23.5 Å². The van der Waals surface area contributed by atoms with Gasteiger partial charge in [0.05, 0.1) is 5.75 Å². The zero-order valence-electron chi connectivity index (χ0n) is 9.55. The van der Waals surface area contributed by atoms with Crippen LogP contribution in [0, 0.1) is 0 Å². The number of thioether (sulfide) groups is 1. The molecule has 0 heterocycles. The Balaban J connectivity index is 0. The van der Waals surface area contributed by atoms with Crippen molar-refractivity contribution in [3.63, 3.8) is 0 Å². The highest BCUT2D eigenvalue weighted by Crippen LogP contribution is 1.99. The standard InChI is InChI=1S/C8H15NO2S.C2H6/c1-3-8(11)6-12-5-4-9-7(2)10;1-2/h3-6H2,1-2H3,(H,9,10);1-2H3. The van der Waals surface area contributed by atoms with E-state index in [2.05, 4.69) is 5.32 Å². The van der Waals surface area contributed by atoms with Crippen molar-refractivity contribution in [1.29, 1.82) is 0 Å². The van der Waals surface area contributed by atoms with Gasteiger partial charge >= 0.3 is 0 Å². The minimum Gasteiger partial charge on any atom is -0.356 e. The fourth-order valence-electron chi connectivity index (χ4n) is 0.587. The second kappa shape index (κ2) is 12.5. The second-order valence-corrected chi connectivity index (χ2v) is 3.53. The summed E-state index contributed by atoms with van der Waals surface area (Å²) in [5.41, 5.74) is 0. The zero-order chi connectivity index (χ0) is 11.4. The molecule has 3 nitrogen and oxygen atoms in total. The van der Waals surface area contributed by atoms with Crippen molar-refractivity contribution in [3.8, 4) is 0 Å². The summed E-state index contributed by atoms with van der Waals surface area (Å²) in [6.07, 6.45) is 0.604. The molecule has 0 atom stereocenters. The largest absolute Gasteiger partial charge is 0.356 e. The van der Waals surface area contributed by atoms with Crippen LogP contribution in [0.4, 0.5) is 0 Å². The third-order valence-corrected chi connectivity index (χ3v) is 2.30. The van der Waals surface area contributed by atoms with E-state index in [-0.39, 0.29) is 11.7 Å². The summed E-state index contributed by atoms with van der Waals surface area (Å²) in [6, 6.07) is 0. The van der Waals surface area contributed by atoms with Gasteiger partial charge in [0.25, 0.3) is 0 Å². The zero-order valence-corrected chi connectivity index (χ0v) is 10.4. The molecule has 0 fully saturated rings. The quantitative estimate of drug-likeness (QED) is 0.694. The van der Waals surface area contributed by atoms with Crippen LogP contribution in [0.25, 0.3) is 0 Å². The van der Waals surface area contributed by atoms with Gasteiger partial charge < -0.3 is 5.32 Å².